The zero-order chi connectivity index (χ0) is 27.1. The molecule has 0 aliphatic heterocycles. The molecule has 2 aromatic carbocycles. The van der Waals surface area contributed by atoms with Crippen LogP contribution in [0.2, 0.25) is 10.0 Å². The summed E-state index contributed by atoms with van der Waals surface area (Å²) in [4.78, 5) is 28.1. The number of sulfonamides is 1. The summed E-state index contributed by atoms with van der Waals surface area (Å²) in [6, 6.07) is 13.4. The molecule has 1 atom stereocenters. The first kappa shape index (κ1) is 29.9. The summed E-state index contributed by atoms with van der Waals surface area (Å²) >= 11 is 12.3. The van der Waals surface area contributed by atoms with Gasteiger partial charge in [0.1, 0.15) is 6.04 Å². The van der Waals surface area contributed by atoms with Gasteiger partial charge in [-0.25, -0.2) is 8.42 Å². The largest absolute Gasteiger partial charge is 0.350 e. The van der Waals surface area contributed by atoms with Crippen molar-refractivity contribution in [2.75, 3.05) is 17.1 Å². The zero-order valence-corrected chi connectivity index (χ0v) is 23.8. The minimum absolute atomic E-state index is 0.0365. The zero-order valence-electron chi connectivity index (χ0n) is 21.4. The quantitative estimate of drug-likeness (QED) is 0.409. The number of halogens is 2. The number of carbonyl (C=O) groups excluding carboxylic acids is 2. The monoisotopic (exact) mass is 555 g/mol. The van der Waals surface area contributed by atoms with Crippen molar-refractivity contribution in [2.45, 2.75) is 65.1 Å². The Kier molecular flexibility index (Phi) is 10.6. The van der Waals surface area contributed by atoms with Gasteiger partial charge in [-0.2, -0.15) is 0 Å². The van der Waals surface area contributed by atoms with Crippen molar-refractivity contribution < 1.29 is 18.0 Å². The Hall–Kier alpha value is -2.29. The molecule has 2 amide bonds. The molecule has 0 bridgehead atoms. The van der Waals surface area contributed by atoms with Crippen LogP contribution < -0.4 is 9.62 Å². The van der Waals surface area contributed by atoms with Gasteiger partial charge in [0.2, 0.25) is 21.8 Å². The van der Waals surface area contributed by atoms with Gasteiger partial charge in [-0.05, 0) is 57.4 Å². The van der Waals surface area contributed by atoms with Gasteiger partial charge in [-0.15, -0.1) is 0 Å². The number of benzene rings is 2. The lowest BCUT2D eigenvalue weighted by atomic mass is 10.0. The summed E-state index contributed by atoms with van der Waals surface area (Å²) in [5.74, 6) is -0.460. The Balaban J connectivity index is 2.24. The van der Waals surface area contributed by atoms with Crippen LogP contribution in [0, 0.1) is 0 Å². The van der Waals surface area contributed by atoms with Crippen molar-refractivity contribution in [1.29, 1.82) is 0 Å². The van der Waals surface area contributed by atoms with E-state index in [4.69, 9.17) is 23.2 Å². The molecule has 0 aliphatic carbocycles. The van der Waals surface area contributed by atoms with E-state index in [9.17, 15) is 18.0 Å². The van der Waals surface area contributed by atoms with Crippen molar-refractivity contribution in [3.8, 4) is 0 Å². The highest BCUT2D eigenvalue weighted by Crippen LogP contribution is 2.31. The van der Waals surface area contributed by atoms with Crippen molar-refractivity contribution in [2.24, 2.45) is 0 Å². The lowest BCUT2D eigenvalue weighted by molar-refractivity contribution is -0.142. The van der Waals surface area contributed by atoms with Crippen LogP contribution in [0.15, 0.2) is 48.5 Å². The summed E-state index contributed by atoms with van der Waals surface area (Å²) in [5, 5.41) is 3.56. The third kappa shape index (κ3) is 8.98. The van der Waals surface area contributed by atoms with Crippen LogP contribution in [0.5, 0.6) is 0 Å². The predicted octanol–water partition coefficient (Wildman–Crippen LogP) is 5.26. The van der Waals surface area contributed by atoms with Gasteiger partial charge in [0.25, 0.3) is 0 Å². The average molecular weight is 557 g/mol. The molecule has 0 radical (unpaired) electrons. The van der Waals surface area contributed by atoms with Gasteiger partial charge in [0.05, 0.1) is 17.0 Å². The van der Waals surface area contributed by atoms with Crippen LogP contribution >= 0.6 is 23.2 Å². The maximum Gasteiger partial charge on any atom is 0.243 e. The summed E-state index contributed by atoms with van der Waals surface area (Å²) in [7, 11) is -3.68. The number of nitrogens with zero attached hydrogens (tertiary/aromatic N) is 2. The average Bonchev–Trinajstić information content (AvgIpc) is 2.77. The molecule has 10 heteroatoms. The van der Waals surface area contributed by atoms with Crippen LogP contribution in [0.4, 0.5) is 5.69 Å². The molecule has 0 aromatic heterocycles. The number of nitrogens with one attached hydrogen (secondary N) is 1. The van der Waals surface area contributed by atoms with Crippen LogP contribution in [0.25, 0.3) is 0 Å². The normalized spacial score (nSPS) is 12.6. The topological polar surface area (TPSA) is 86.8 Å². The highest BCUT2D eigenvalue weighted by atomic mass is 35.5. The first-order valence-corrected chi connectivity index (χ1v) is 14.4. The van der Waals surface area contributed by atoms with E-state index in [1.807, 2.05) is 58.0 Å². The fourth-order valence-electron chi connectivity index (χ4n) is 3.81. The highest BCUT2D eigenvalue weighted by molar-refractivity contribution is 7.92. The fourth-order valence-corrected chi connectivity index (χ4v) is 5.22. The second-order valence-corrected chi connectivity index (χ2v) is 12.5. The van der Waals surface area contributed by atoms with E-state index in [-0.39, 0.29) is 48.5 Å². The molecule has 2 rings (SSSR count). The van der Waals surface area contributed by atoms with Crippen molar-refractivity contribution in [1.82, 2.24) is 10.2 Å². The fraction of sp³-hybridized carbons (Fsp3) is 0.462. The van der Waals surface area contributed by atoms with E-state index in [0.717, 1.165) is 16.1 Å². The van der Waals surface area contributed by atoms with E-state index in [1.54, 1.807) is 11.0 Å². The SMILES string of the molecule is CCC(C(=O)NC(C)(C)C)N(Cc1ccccc1)C(=O)CCCN(c1cc(Cl)ccc1Cl)S(C)(=O)=O. The first-order chi connectivity index (χ1) is 16.7. The molecule has 0 aliphatic rings. The Morgan fingerprint density at radius 3 is 2.25 bits per heavy atom. The van der Waals surface area contributed by atoms with Crippen LogP contribution in [0.1, 0.15) is 52.5 Å². The molecule has 0 fully saturated rings. The van der Waals surface area contributed by atoms with Gasteiger partial charge in [0.15, 0.2) is 0 Å². The number of anilines is 1. The van der Waals surface area contributed by atoms with Crippen molar-refractivity contribution in [3.05, 3.63) is 64.1 Å². The molecular weight excluding hydrogens is 521 g/mol. The molecule has 0 saturated heterocycles. The van der Waals surface area contributed by atoms with E-state index in [2.05, 4.69) is 5.32 Å². The second kappa shape index (κ2) is 12.8. The molecular formula is C26H35Cl2N3O4S. The van der Waals surface area contributed by atoms with E-state index < -0.39 is 21.6 Å². The van der Waals surface area contributed by atoms with Gasteiger partial charge in [-0.1, -0.05) is 60.5 Å². The number of hydrogen-bond acceptors (Lipinski definition) is 4. The molecule has 1 unspecified atom stereocenters. The third-order valence-corrected chi connectivity index (χ3v) is 7.14. The lowest BCUT2D eigenvalue weighted by Crippen LogP contribution is -2.53. The van der Waals surface area contributed by atoms with Crippen molar-refractivity contribution >= 4 is 50.7 Å². The highest BCUT2D eigenvalue weighted by Gasteiger charge is 2.30. The summed E-state index contributed by atoms with van der Waals surface area (Å²) < 4.78 is 26.2. The third-order valence-electron chi connectivity index (χ3n) is 5.41. The summed E-state index contributed by atoms with van der Waals surface area (Å²) in [6.07, 6.45) is 1.81. The van der Waals surface area contributed by atoms with Crippen LogP contribution in [-0.4, -0.2) is 49.5 Å². The minimum Gasteiger partial charge on any atom is -0.350 e. The van der Waals surface area contributed by atoms with E-state index >= 15 is 0 Å². The van der Waals surface area contributed by atoms with Gasteiger partial charge < -0.3 is 10.2 Å². The van der Waals surface area contributed by atoms with E-state index in [1.165, 1.54) is 12.1 Å². The lowest BCUT2D eigenvalue weighted by Gasteiger charge is -2.33. The number of rotatable bonds is 11. The minimum atomic E-state index is -3.68. The summed E-state index contributed by atoms with van der Waals surface area (Å²) in [5.41, 5.74) is 0.714. The molecule has 2 aromatic rings. The molecule has 1 N–H and O–H groups in total. The Labute approximate surface area is 224 Å². The molecule has 0 spiro atoms. The Morgan fingerprint density at radius 2 is 1.69 bits per heavy atom. The van der Waals surface area contributed by atoms with Gasteiger partial charge in [-0.3, -0.25) is 13.9 Å². The maximum atomic E-state index is 13.4. The van der Waals surface area contributed by atoms with E-state index in [0.29, 0.717) is 11.4 Å². The van der Waals surface area contributed by atoms with Gasteiger partial charge >= 0.3 is 0 Å². The molecule has 36 heavy (non-hydrogen) atoms. The van der Waals surface area contributed by atoms with Crippen LogP contribution in [0.3, 0.4) is 0 Å². The first-order valence-electron chi connectivity index (χ1n) is 11.8. The standard InChI is InChI=1S/C26H35Cl2N3O4S/c1-6-22(25(33)29-26(2,3)4)30(18-19-11-8-7-9-12-19)24(32)13-10-16-31(36(5,34)35)23-17-20(27)14-15-21(23)28/h7-9,11-12,14-15,17,22H,6,10,13,16,18H2,1-5H3,(H,29,33). The molecule has 7 nitrogen and oxygen atoms in total. The number of hydrogen-bond donors (Lipinski definition) is 1. The molecule has 198 valence electrons. The maximum absolute atomic E-state index is 13.4. The van der Waals surface area contributed by atoms with Crippen LogP contribution in [-0.2, 0) is 26.2 Å². The molecule has 0 saturated carbocycles. The smallest absolute Gasteiger partial charge is 0.243 e. The number of amides is 2. The van der Waals surface area contributed by atoms with Gasteiger partial charge in [0, 0.05) is 30.1 Å². The summed E-state index contributed by atoms with van der Waals surface area (Å²) in [6.45, 7) is 7.84. The second-order valence-electron chi connectivity index (χ2n) is 9.70. The number of carbonyl (C=O) groups is 2. The predicted molar refractivity (Wildman–Crippen MR) is 147 cm³/mol. The molecule has 0 heterocycles. The van der Waals surface area contributed by atoms with Crippen molar-refractivity contribution in [3.63, 3.8) is 0 Å². The Bertz CT molecular complexity index is 1150. The Morgan fingerprint density at radius 1 is 1.06 bits per heavy atom.